The van der Waals surface area contributed by atoms with Crippen molar-refractivity contribution in [3.05, 3.63) is 78.4 Å². The van der Waals surface area contributed by atoms with Gasteiger partial charge >= 0.3 is 12.3 Å². The van der Waals surface area contributed by atoms with Crippen molar-refractivity contribution in [2.24, 2.45) is 5.41 Å². The summed E-state index contributed by atoms with van der Waals surface area (Å²) in [6.07, 6.45) is -3.39. The number of benzene rings is 3. The highest BCUT2D eigenvalue weighted by Gasteiger charge is 2.31. The van der Waals surface area contributed by atoms with Gasteiger partial charge in [0.15, 0.2) is 0 Å². The molecule has 0 fully saturated rings. The molecule has 0 aliphatic heterocycles. The highest BCUT2D eigenvalue weighted by molar-refractivity contribution is 5.81. The molecule has 6 nitrogen and oxygen atoms in total. The van der Waals surface area contributed by atoms with E-state index in [1.807, 2.05) is 66.9 Å². The van der Waals surface area contributed by atoms with Crippen LogP contribution in [0, 0.1) is 5.41 Å². The van der Waals surface area contributed by atoms with Crippen molar-refractivity contribution in [1.82, 2.24) is 9.55 Å². The summed E-state index contributed by atoms with van der Waals surface area (Å²) >= 11 is 0. The monoisotopic (exact) mass is 526 g/mol. The average molecular weight is 527 g/mol. The molecule has 200 valence electrons. The SMILES string of the molecule is CC(C)(CCOc1ccccc1Cn1c(-c2ccc(OC(F)(F)F)cc2)nc2ccccc21)CCC(=O)O. The quantitative estimate of drug-likeness (QED) is 0.222. The molecule has 0 unspecified atom stereocenters. The van der Waals surface area contributed by atoms with Gasteiger partial charge in [0, 0.05) is 17.5 Å². The summed E-state index contributed by atoms with van der Waals surface area (Å²) in [7, 11) is 0. The molecule has 4 aromatic rings. The fourth-order valence-corrected chi connectivity index (χ4v) is 4.21. The van der Waals surface area contributed by atoms with Crippen molar-refractivity contribution < 1.29 is 32.5 Å². The summed E-state index contributed by atoms with van der Waals surface area (Å²) < 4.78 is 50.0. The van der Waals surface area contributed by atoms with Crippen molar-refractivity contribution in [2.45, 2.75) is 46.0 Å². The van der Waals surface area contributed by atoms with Crippen LogP contribution in [0.3, 0.4) is 0 Å². The molecule has 0 saturated carbocycles. The summed E-state index contributed by atoms with van der Waals surface area (Å²) in [4.78, 5) is 15.7. The van der Waals surface area contributed by atoms with Gasteiger partial charge in [-0.2, -0.15) is 0 Å². The van der Waals surface area contributed by atoms with Crippen LogP contribution in [-0.4, -0.2) is 33.6 Å². The van der Waals surface area contributed by atoms with Crippen LogP contribution < -0.4 is 9.47 Å². The van der Waals surface area contributed by atoms with Gasteiger partial charge in [-0.1, -0.05) is 44.2 Å². The van der Waals surface area contributed by atoms with Crippen LogP contribution in [0.5, 0.6) is 11.5 Å². The first-order valence-corrected chi connectivity index (χ1v) is 12.2. The Labute approximate surface area is 218 Å². The Morgan fingerprint density at radius 2 is 1.63 bits per heavy atom. The van der Waals surface area contributed by atoms with Crippen molar-refractivity contribution in [1.29, 1.82) is 0 Å². The van der Waals surface area contributed by atoms with Gasteiger partial charge in [0.05, 0.1) is 24.2 Å². The first kappa shape index (κ1) is 27.0. The number of imidazole rings is 1. The minimum Gasteiger partial charge on any atom is -0.493 e. The van der Waals surface area contributed by atoms with Gasteiger partial charge in [-0.15, -0.1) is 13.2 Å². The number of ether oxygens (including phenoxy) is 2. The number of hydrogen-bond donors (Lipinski definition) is 1. The Hall–Kier alpha value is -4.01. The lowest BCUT2D eigenvalue weighted by molar-refractivity contribution is -0.274. The van der Waals surface area contributed by atoms with E-state index in [1.54, 1.807) is 12.1 Å². The third kappa shape index (κ3) is 7.06. The van der Waals surface area contributed by atoms with Crippen LogP contribution >= 0.6 is 0 Å². The van der Waals surface area contributed by atoms with Crippen molar-refractivity contribution in [3.8, 4) is 22.9 Å². The maximum Gasteiger partial charge on any atom is 0.573 e. The number of halogens is 3. The molecule has 0 bridgehead atoms. The molecule has 4 rings (SSSR count). The molecule has 0 aliphatic carbocycles. The Balaban J connectivity index is 1.58. The molecule has 0 aliphatic rings. The number of para-hydroxylation sites is 3. The molecule has 1 N–H and O–H groups in total. The standard InChI is InChI=1S/C29H29F3N2O4/c1-28(2,16-15-26(35)36)17-18-37-25-10-6-3-7-21(25)19-34-24-9-5-4-8-23(24)33-27(34)20-11-13-22(14-12-20)38-29(30,31)32/h3-14H,15-19H2,1-2H3,(H,35,36). The summed E-state index contributed by atoms with van der Waals surface area (Å²) in [6.45, 7) is 4.91. The number of nitrogens with zero attached hydrogens (tertiary/aromatic N) is 2. The minimum absolute atomic E-state index is 0.114. The Kier molecular flexibility index (Phi) is 7.94. The molecular formula is C29H29F3N2O4. The minimum atomic E-state index is -4.76. The summed E-state index contributed by atoms with van der Waals surface area (Å²) in [6, 6.07) is 20.9. The van der Waals surface area contributed by atoms with Crippen LogP contribution in [0.15, 0.2) is 72.8 Å². The number of aromatic nitrogens is 2. The lowest BCUT2D eigenvalue weighted by Gasteiger charge is -2.24. The normalized spacial score (nSPS) is 12.0. The maximum absolute atomic E-state index is 12.6. The van der Waals surface area contributed by atoms with E-state index in [9.17, 15) is 18.0 Å². The summed E-state index contributed by atoms with van der Waals surface area (Å²) in [5, 5.41) is 8.99. The van der Waals surface area contributed by atoms with E-state index in [0.717, 1.165) is 16.6 Å². The van der Waals surface area contributed by atoms with E-state index in [0.29, 0.717) is 43.1 Å². The van der Waals surface area contributed by atoms with Crippen LogP contribution in [0.25, 0.3) is 22.4 Å². The largest absolute Gasteiger partial charge is 0.573 e. The number of carbonyl (C=O) groups is 1. The molecule has 0 atom stereocenters. The molecular weight excluding hydrogens is 497 g/mol. The Morgan fingerprint density at radius 3 is 2.34 bits per heavy atom. The topological polar surface area (TPSA) is 73.6 Å². The molecule has 0 radical (unpaired) electrons. The van der Waals surface area contributed by atoms with Gasteiger partial charge in [-0.05, 0) is 60.7 Å². The molecule has 38 heavy (non-hydrogen) atoms. The fourth-order valence-electron chi connectivity index (χ4n) is 4.21. The molecule has 0 amide bonds. The molecule has 1 heterocycles. The fraction of sp³-hybridized carbons (Fsp3) is 0.310. The highest BCUT2D eigenvalue weighted by Crippen LogP contribution is 2.31. The van der Waals surface area contributed by atoms with Crippen molar-refractivity contribution in [3.63, 3.8) is 0 Å². The smallest absolute Gasteiger partial charge is 0.493 e. The third-order valence-corrected chi connectivity index (χ3v) is 6.35. The predicted octanol–water partition coefficient (Wildman–Crippen LogP) is 7.31. The first-order valence-electron chi connectivity index (χ1n) is 12.2. The zero-order valence-electron chi connectivity index (χ0n) is 21.2. The number of alkyl halides is 3. The second kappa shape index (κ2) is 11.2. The Bertz CT molecular complexity index is 1400. The van der Waals surface area contributed by atoms with E-state index < -0.39 is 12.3 Å². The summed E-state index contributed by atoms with van der Waals surface area (Å²) in [5.41, 5.74) is 3.02. The van der Waals surface area contributed by atoms with E-state index in [-0.39, 0.29) is 17.6 Å². The number of carboxylic acids is 1. The van der Waals surface area contributed by atoms with Crippen LogP contribution in [0.1, 0.15) is 38.7 Å². The van der Waals surface area contributed by atoms with Gasteiger partial charge in [0.25, 0.3) is 0 Å². The molecule has 3 aromatic carbocycles. The number of fused-ring (bicyclic) bond motifs is 1. The maximum atomic E-state index is 12.6. The molecule has 0 spiro atoms. The number of carboxylic acid groups (broad SMARTS) is 1. The van der Waals surface area contributed by atoms with E-state index in [4.69, 9.17) is 14.8 Å². The number of hydrogen-bond acceptors (Lipinski definition) is 4. The second-order valence-electron chi connectivity index (χ2n) is 9.85. The zero-order chi connectivity index (χ0) is 27.3. The van der Waals surface area contributed by atoms with Gasteiger partial charge in [-0.25, -0.2) is 4.98 Å². The third-order valence-electron chi connectivity index (χ3n) is 6.35. The average Bonchev–Trinajstić information content (AvgIpc) is 3.22. The lowest BCUT2D eigenvalue weighted by Crippen LogP contribution is -2.17. The molecule has 1 aromatic heterocycles. The lowest BCUT2D eigenvalue weighted by atomic mass is 9.85. The van der Waals surface area contributed by atoms with Gasteiger partial charge < -0.3 is 19.1 Å². The zero-order valence-corrected chi connectivity index (χ0v) is 21.2. The van der Waals surface area contributed by atoms with E-state index >= 15 is 0 Å². The van der Waals surface area contributed by atoms with Crippen LogP contribution in [0.4, 0.5) is 13.2 Å². The first-order chi connectivity index (χ1) is 18.0. The molecule has 0 saturated heterocycles. The highest BCUT2D eigenvalue weighted by atomic mass is 19.4. The predicted molar refractivity (Wildman–Crippen MR) is 138 cm³/mol. The van der Waals surface area contributed by atoms with Gasteiger partial charge in [-0.3, -0.25) is 4.79 Å². The Morgan fingerprint density at radius 1 is 0.947 bits per heavy atom. The summed E-state index contributed by atoms with van der Waals surface area (Å²) in [5.74, 6) is 0.206. The van der Waals surface area contributed by atoms with E-state index in [2.05, 4.69) is 4.74 Å². The molecule has 9 heteroatoms. The van der Waals surface area contributed by atoms with Gasteiger partial charge in [0.1, 0.15) is 17.3 Å². The van der Waals surface area contributed by atoms with Crippen molar-refractivity contribution in [2.75, 3.05) is 6.61 Å². The van der Waals surface area contributed by atoms with E-state index in [1.165, 1.54) is 12.1 Å². The second-order valence-corrected chi connectivity index (χ2v) is 9.85. The van der Waals surface area contributed by atoms with Crippen molar-refractivity contribution >= 4 is 17.0 Å². The number of rotatable bonds is 11. The number of aliphatic carboxylic acids is 1. The van der Waals surface area contributed by atoms with Crippen LogP contribution in [-0.2, 0) is 11.3 Å². The van der Waals surface area contributed by atoms with Gasteiger partial charge in [0.2, 0.25) is 0 Å². The van der Waals surface area contributed by atoms with Crippen LogP contribution in [0.2, 0.25) is 0 Å².